The third-order valence-electron chi connectivity index (χ3n) is 2.26. The van der Waals surface area contributed by atoms with Crippen LogP contribution in [0.1, 0.15) is 13.8 Å². The van der Waals surface area contributed by atoms with Gasteiger partial charge in [0, 0.05) is 18.7 Å². The number of nitrogen functional groups attached to an aromatic ring is 1. The third kappa shape index (κ3) is 2.95. The lowest BCUT2D eigenvalue weighted by Crippen LogP contribution is -2.09. The molecule has 0 fully saturated rings. The average Bonchev–Trinajstić information content (AvgIpc) is 2.26. The van der Waals surface area contributed by atoms with Gasteiger partial charge in [-0.05, 0) is 5.92 Å². The smallest absolute Gasteiger partial charge is 0.162 e. The molecule has 0 radical (unpaired) electrons. The first-order valence-electron chi connectivity index (χ1n) is 5.33. The Labute approximate surface area is 96.7 Å². The Hall–Kier alpha value is -1.58. The number of methoxy groups -OCH3 is 2. The second kappa shape index (κ2) is 5.49. The van der Waals surface area contributed by atoms with Crippen LogP contribution in [0.5, 0.6) is 11.5 Å². The molecule has 4 heteroatoms. The van der Waals surface area contributed by atoms with Crippen molar-refractivity contribution in [3.8, 4) is 11.5 Å². The summed E-state index contributed by atoms with van der Waals surface area (Å²) in [6.07, 6.45) is 0. The van der Waals surface area contributed by atoms with E-state index in [0.29, 0.717) is 23.1 Å². The molecule has 1 rings (SSSR count). The monoisotopic (exact) mass is 224 g/mol. The molecule has 16 heavy (non-hydrogen) atoms. The summed E-state index contributed by atoms with van der Waals surface area (Å²) < 4.78 is 10.4. The van der Waals surface area contributed by atoms with E-state index in [4.69, 9.17) is 15.2 Å². The lowest BCUT2D eigenvalue weighted by Gasteiger charge is -2.15. The Kier molecular flexibility index (Phi) is 4.28. The van der Waals surface area contributed by atoms with Crippen LogP contribution in [0.2, 0.25) is 0 Å². The van der Waals surface area contributed by atoms with Crippen LogP contribution in [0.4, 0.5) is 11.4 Å². The number of nitrogens with one attached hydrogen (secondary N) is 1. The quantitative estimate of drug-likeness (QED) is 0.754. The van der Waals surface area contributed by atoms with Crippen molar-refractivity contribution in [3.63, 3.8) is 0 Å². The zero-order valence-electron chi connectivity index (χ0n) is 10.3. The Bertz CT molecular complexity index is 351. The van der Waals surface area contributed by atoms with E-state index in [1.165, 1.54) is 0 Å². The van der Waals surface area contributed by atoms with Crippen LogP contribution in [-0.4, -0.2) is 20.8 Å². The van der Waals surface area contributed by atoms with Crippen LogP contribution in [-0.2, 0) is 0 Å². The molecule has 0 atom stereocenters. The fourth-order valence-corrected chi connectivity index (χ4v) is 1.36. The van der Waals surface area contributed by atoms with Gasteiger partial charge in [0.25, 0.3) is 0 Å². The topological polar surface area (TPSA) is 56.5 Å². The van der Waals surface area contributed by atoms with Crippen molar-refractivity contribution in [3.05, 3.63) is 12.1 Å². The highest BCUT2D eigenvalue weighted by Gasteiger charge is 2.08. The van der Waals surface area contributed by atoms with Crippen molar-refractivity contribution < 1.29 is 9.47 Å². The Balaban J connectivity index is 2.92. The number of hydrogen-bond acceptors (Lipinski definition) is 4. The normalized spacial score (nSPS) is 10.3. The summed E-state index contributed by atoms with van der Waals surface area (Å²) in [5, 5.41) is 3.28. The van der Waals surface area contributed by atoms with Crippen LogP contribution in [0, 0.1) is 5.92 Å². The van der Waals surface area contributed by atoms with Crippen LogP contribution in [0.3, 0.4) is 0 Å². The summed E-state index contributed by atoms with van der Waals surface area (Å²) in [5.74, 6) is 1.89. The van der Waals surface area contributed by atoms with Gasteiger partial charge in [0.05, 0.1) is 25.6 Å². The predicted octanol–water partition coefficient (Wildman–Crippen LogP) is 2.35. The highest BCUT2D eigenvalue weighted by molar-refractivity contribution is 5.72. The van der Waals surface area contributed by atoms with Gasteiger partial charge in [0.2, 0.25) is 0 Å². The second-order valence-electron chi connectivity index (χ2n) is 4.07. The molecule has 0 aliphatic rings. The van der Waals surface area contributed by atoms with E-state index in [-0.39, 0.29) is 0 Å². The van der Waals surface area contributed by atoms with Gasteiger partial charge < -0.3 is 20.5 Å². The van der Waals surface area contributed by atoms with E-state index < -0.39 is 0 Å². The molecule has 3 N–H and O–H groups in total. The fraction of sp³-hybridized carbons (Fsp3) is 0.500. The van der Waals surface area contributed by atoms with Gasteiger partial charge in [-0.15, -0.1) is 0 Å². The van der Waals surface area contributed by atoms with E-state index in [9.17, 15) is 0 Å². The first kappa shape index (κ1) is 12.5. The first-order chi connectivity index (χ1) is 7.58. The number of benzene rings is 1. The molecule has 4 nitrogen and oxygen atoms in total. The molecule has 90 valence electrons. The number of anilines is 2. The van der Waals surface area contributed by atoms with E-state index in [1.807, 2.05) is 6.07 Å². The van der Waals surface area contributed by atoms with Gasteiger partial charge in [-0.1, -0.05) is 13.8 Å². The molecule has 0 bridgehead atoms. The van der Waals surface area contributed by atoms with Crippen LogP contribution < -0.4 is 20.5 Å². The first-order valence-corrected chi connectivity index (χ1v) is 5.33. The maximum Gasteiger partial charge on any atom is 0.162 e. The van der Waals surface area contributed by atoms with Gasteiger partial charge in [-0.25, -0.2) is 0 Å². The molecule has 0 unspecified atom stereocenters. The molecule has 1 aromatic carbocycles. The average molecular weight is 224 g/mol. The standard InChI is InChI=1S/C12H20N2O2/c1-8(2)7-14-10-6-12(16-4)11(15-3)5-9(10)13/h5-6,8,14H,7,13H2,1-4H3. The Morgan fingerprint density at radius 3 is 2.25 bits per heavy atom. The van der Waals surface area contributed by atoms with Crippen LogP contribution in [0.25, 0.3) is 0 Å². The summed E-state index contributed by atoms with van der Waals surface area (Å²) >= 11 is 0. The molecular weight excluding hydrogens is 204 g/mol. The molecule has 0 amide bonds. The minimum Gasteiger partial charge on any atom is -0.493 e. The van der Waals surface area contributed by atoms with Gasteiger partial charge in [0.1, 0.15) is 0 Å². The van der Waals surface area contributed by atoms with Gasteiger partial charge in [0.15, 0.2) is 11.5 Å². The fourth-order valence-electron chi connectivity index (χ4n) is 1.36. The molecule has 0 spiro atoms. The van der Waals surface area contributed by atoms with Crippen molar-refractivity contribution in [2.24, 2.45) is 5.92 Å². The minimum absolute atomic E-state index is 0.562. The second-order valence-corrected chi connectivity index (χ2v) is 4.07. The van der Waals surface area contributed by atoms with Crippen LogP contribution >= 0.6 is 0 Å². The zero-order valence-corrected chi connectivity index (χ0v) is 10.3. The van der Waals surface area contributed by atoms with Crippen molar-refractivity contribution in [2.45, 2.75) is 13.8 Å². The lowest BCUT2D eigenvalue weighted by atomic mass is 10.2. The van der Waals surface area contributed by atoms with Crippen molar-refractivity contribution in [2.75, 3.05) is 31.8 Å². The molecule has 0 aromatic heterocycles. The summed E-state index contributed by atoms with van der Waals surface area (Å²) in [6, 6.07) is 3.62. The van der Waals surface area contributed by atoms with Crippen LogP contribution in [0.15, 0.2) is 12.1 Å². The largest absolute Gasteiger partial charge is 0.493 e. The predicted molar refractivity (Wildman–Crippen MR) is 67.3 cm³/mol. The summed E-state index contributed by atoms with van der Waals surface area (Å²) in [7, 11) is 3.21. The third-order valence-corrected chi connectivity index (χ3v) is 2.26. The Morgan fingerprint density at radius 1 is 1.19 bits per heavy atom. The number of nitrogens with two attached hydrogens (primary N) is 1. The number of hydrogen-bond donors (Lipinski definition) is 2. The molecule has 0 aliphatic heterocycles. The van der Waals surface area contributed by atoms with Gasteiger partial charge >= 0.3 is 0 Å². The van der Waals surface area contributed by atoms with Crippen molar-refractivity contribution in [1.29, 1.82) is 0 Å². The maximum atomic E-state index is 5.91. The van der Waals surface area contributed by atoms with E-state index >= 15 is 0 Å². The van der Waals surface area contributed by atoms with E-state index in [1.54, 1.807) is 20.3 Å². The molecule has 0 heterocycles. The van der Waals surface area contributed by atoms with Gasteiger partial charge in [-0.2, -0.15) is 0 Å². The maximum absolute atomic E-state index is 5.91. The number of ether oxygens (including phenoxy) is 2. The molecular formula is C12H20N2O2. The summed E-state index contributed by atoms with van der Waals surface area (Å²) in [4.78, 5) is 0. The molecule has 1 aromatic rings. The summed E-state index contributed by atoms with van der Waals surface area (Å²) in [5.41, 5.74) is 7.45. The van der Waals surface area contributed by atoms with E-state index in [0.717, 1.165) is 12.2 Å². The SMILES string of the molecule is COc1cc(N)c(NCC(C)C)cc1OC. The number of rotatable bonds is 5. The highest BCUT2D eigenvalue weighted by Crippen LogP contribution is 2.34. The zero-order chi connectivity index (χ0) is 12.1. The molecule has 0 saturated heterocycles. The Morgan fingerprint density at radius 2 is 1.75 bits per heavy atom. The van der Waals surface area contributed by atoms with Gasteiger partial charge in [-0.3, -0.25) is 0 Å². The van der Waals surface area contributed by atoms with Crippen molar-refractivity contribution >= 4 is 11.4 Å². The molecule has 0 saturated carbocycles. The lowest BCUT2D eigenvalue weighted by molar-refractivity contribution is 0.355. The van der Waals surface area contributed by atoms with E-state index in [2.05, 4.69) is 19.2 Å². The molecule has 0 aliphatic carbocycles. The highest BCUT2D eigenvalue weighted by atomic mass is 16.5. The summed E-state index contributed by atoms with van der Waals surface area (Å²) in [6.45, 7) is 5.16. The minimum atomic E-state index is 0.562. The van der Waals surface area contributed by atoms with Crippen molar-refractivity contribution in [1.82, 2.24) is 0 Å².